The number of aryl methyl sites for hydroxylation is 1. The zero-order chi connectivity index (χ0) is 12.3. The predicted molar refractivity (Wildman–Crippen MR) is 62.5 cm³/mol. The summed E-state index contributed by atoms with van der Waals surface area (Å²) in [5.74, 6) is 1.18. The van der Waals surface area contributed by atoms with Crippen molar-refractivity contribution in [3.8, 4) is 12.0 Å². The number of aromatic nitrogens is 5. The third-order valence-electron chi connectivity index (χ3n) is 2.05. The number of hydrogen-bond donors (Lipinski definition) is 0. The van der Waals surface area contributed by atoms with Crippen molar-refractivity contribution in [3.05, 3.63) is 23.5 Å². The van der Waals surface area contributed by atoms with Crippen LogP contribution in [0.4, 0.5) is 0 Å². The highest BCUT2D eigenvalue weighted by molar-refractivity contribution is 6.28. The first-order valence-corrected chi connectivity index (χ1v) is 5.63. The van der Waals surface area contributed by atoms with Gasteiger partial charge in [-0.2, -0.15) is 15.0 Å². The molecule has 0 amide bonds. The number of hydrogen-bond acceptors (Lipinski definition) is 5. The zero-order valence-electron chi connectivity index (χ0n) is 9.59. The summed E-state index contributed by atoms with van der Waals surface area (Å²) in [6.45, 7) is 4.40. The Labute approximate surface area is 104 Å². The van der Waals surface area contributed by atoms with E-state index in [1.54, 1.807) is 17.0 Å². The minimum Gasteiger partial charge on any atom is -0.463 e. The van der Waals surface area contributed by atoms with Gasteiger partial charge in [-0.05, 0) is 24.9 Å². The van der Waals surface area contributed by atoms with Crippen LogP contribution in [-0.2, 0) is 0 Å². The fourth-order valence-electron chi connectivity index (χ4n) is 1.28. The van der Waals surface area contributed by atoms with Crippen LogP contribution in [0.1, 0.15) is 19.2 Å². The molecule has 0 N–H and O–H groups in total. The Balaban J connectivity index is 2.35. The van der Waals surface area contributed by atoms with Gasteiger partial charge in [-0.15, -0.1) is 0 Å². The number of nitrogens with zero attached hydrogens (tertiary/aromatic N) is 5. The molecule has 6 nitrogen and oxygen atoms in total. The standard InChI is InChI=1S/C10H12ClN5O/c1-3-6-17-10-14-8(11)13-9(15-10)16-5-4-12-7(16)2/h4-5H,3,6H2,1-2H3. The van der Waals surface area contributed by atoms with E-state index >= 15 is 0 Å². The van der Waals surface area contributed by atoms with E-state index in [2.05, 4.69) is 19.9 Å². The van der Waals surface area contributed by atoms with Gasteiger partial charge in [-0.3, -0.25) is 4.57 Å². The molecule has 0 aliphatic heterocycles. The first-order chi connectivity index (χ1) is 8.20. The first kappa shape index (κ1) is 11.8. The topological polar surface area (TPSA) is 65.7 Å². The molecule has 0 radical (unpaired) electrons. The van der Waals surface area contributed by atoms with Crippen molar-refractivity contribution < 1.29 is 4.74 Å². The second-order valence-electron chi connectivity index (χ2n) is 3.38. The molecule has 0 saturated heterocycles. The Morgan fingerprint density at radius 1 is 1.35 bits per heavy atom. The predicted octanol–water partition coefficient (Wildman–Crippen LogP) is 1.81. The summed E-state index contributed by atoms with van der Waals surface area (Å²) in [5, 5.41) is 0.106. The molecule has 2 heterocycles. The molecule has 2 rings (SSSR count). The van der Waals surface area contributed by atoms with E-state index in [-0.39, 0.29) is 11.3 Å². The Morgan fingerprint density at radius 3 is 2.82 bits per heavy atom. The largest absolute Gasteiger partial charge is 0.463 e. The smallest absolute Gasteiger partial charge is 0.322 e. The molecule has 0 aliphatic carbocycles. The molecule has 0 aromatic carbocycles. The quantitative estimate of drug-likeness (QED) is 0.831. The number of ether oxygens (including phenoxy) is 1. The number of halogens is 1. The van der Waals surface area contributed by atoms with Gasteiger partial charge >= 0.3 is 6.01 Å². The highest BCUT2D eigenvalue weighted by atomic mass is 35.5. The Kier molecular flexibility index (Phi) is 3.53. The molecule has 7 heteroatoms. The van der Waals surface area contributed by atoms with E-state index in [4.69, 9.17) is 16.3 Å². The fourth-order valence-corrected chi connectivity index (χ4v) is 1.42. The highest BCUT2D eigenvalue weighted by Crippen LogP contribution is 2.12. The second-order valence-corrected chi connectivity index (χ2v) is 3.72. The van der Waals surface area contributed by atoms with Gasteiger partial charge in [0, 0.05) is 12.4 Å². The van der Waals surface area contributed by atoms with Crippen LogP contribution in [0, 0.1) is 6.92 Å². The molecular formula is C10H12ClN5O. The SMILES string of the molecule is CCCOc1nc(Cl)nc(-n2ccnc2C)n1. The molecular weight excluding hydrogens is 242 g/mol. The van der Waals surface area contributed by atoms with Gasteiger partial charge in [0.25, 0.3) is 0 Å². The lowest BCUT2D eigenvalue weighted by molar-refractivity contribution is 0.291. The molecule has 0 bridgehead atoms. The van der Waals surface area contributed by atoms with Crippen LogP contribution >= 0.6 is 11.6 Å². The Bertz CT molecular complexity index is 513. The van der Waals surface area contributed by atoms with E-state index in [0.29, 0.717) is 12.6 Å². The zero-order valence-corrected chi connectivity index (χ0v) is 10.3. The maximum Gasteiger partial charge on any atom is 0.322 e. The molecule has 2 aromatic rings. The van der Waals surface area contributed by atoms with Crippen LogP contribution in [0.15, 0.2) is 12.4 Å². The lowest BCUT2D eigenvalue weighted by atomic mass is 10.5. The summed E-state index contributed by atoms with van der Waals surface area (Å²) in [6, 6.07) is 0.231. The summed E-state index contributed by atoms with van der Waals surface area (Å²) in [7, 11) is 0. The Hall–Kier alpha value is -1.69. The van der Waals surface area contributed by atoms with Gasteiger partial charge < -0.3 is 4.74 Å². The van der Waals surface area contributed by atoms with Crippen LogP contribution < -0.4 is 4.74 Å². The van der Waals surface area contributed by atoms with Gasteiger partial charge in [-0.1, -0.05) is 6.92 Å². The minimum atomic E-state index is 0.106. The average molecular weight is 254 g/mol. The average Bonchev–Trinajstić information content (AvgIpc) is 2.72. The van der Waals surface area contributed by atoms with Gasteiger partial charge in [0.15, 0.2) is 0 Å². The normalized spacial score (nSPS) is 10.5. The van der Waals surface area contributed by atoms with E-state index in [9.17, 15) is 0 Å². The van der Waals surface area contributed by atoms with Crippen LogP contribution in [0.2, 0.25) is 5.28 Å². The molecule has 90 valence electrons. The minimum absolute atomic E-state index is 0.106. The van der Waals surface area contributed by atoms with E-state index in [1.165, 1.54) is 0 Å². The summed E-state index contributed by atoms with van der Waals surface area (Å²) in [5.41, 5.74) is 0. The highest BCUT2D eigenvalue weighted by Gasteiger charge is 2.09. The second kappa shape index (κ2) is 5.09. The van der Waals surface area contributed by atoms with Crippen LogP contribution in [0.5, 0.6) is 6.01 Å². The summed E-state index contributed by atoms with van der Waals surface area (Å²) in [4.78, 5) is 16.2. The van der Waals surface area contributed by atoms with Crippen molar-refractivity contribution in [1.29, 1.82) is 0 Å². The van der Waals surface area contributed by atoms with Crippen molar-refractivity contribution in [3.63, 3.8) is 0 Å². The molecule has 2 aromatic heterocycles. The molecule has 0 aliphatic rings. The molecule has 0 unspecified atom stereocenters. The molecule has 17 heavy (non-hydrogen) atoms. The van der Waals surface area contributed by atoms with Crippen LogP contribution in [0.3, 0.4) is 0 Å². The van der Waals surface area contributed by atoms with Gasteiger partial charge in [0.2, 0.25) is 11.2 Å². The Morgan fingerprint density at radius 2 is 2.18 bits per heavy atom. The number of rotatable bonds is 4. The lowest BCUT2D eigenvalue weighted by Crippen LogP contribution is -2.07. The van der Waals surface area contributed by atoms with Gasteiger partial charge in [-0.25, -0.2) is 4.98 Å². The summed E-state index contributed by atoms with van der Waals surface area (Å²) in [6.07, 6.45) is 4.30. The summed E-state index contributed by atoms with van der Waals surface area (Å²) >= 11 is 5.82. The maximum atomic E-state index is 5.82. The van der Waals surface area contributed by atoms with Crippen molar-refractivity contribution in [2.75, 3.05) is 6.61 Å². The van der Waals surface area contributed by atoms with Crippen molar-refractivity contribution in [1.82, 2.24) is 24.5 Å². The lowest BCUT2D eigenvalue weighted by Gasteiger charge is -2.06. The van der Waals surface area contributed by atoms with Crippen molar-refractivity contribution >= 4 is 11.6 Å². The molecule has 0 fully saturated rings. The maximum absolute atomic E-state index is 5.82. The molecule has 0 spiro atoms. The third kappa shape index (κ3) is 2.71. The number of imidazole rings is 1. The van der Waals surface area contributed by atoms with Crippen molar-refractivity contribution in [2.24, 2.45) is 0 Å². The monoisotopic (exact) mass is 253 g/mol. The van der Waals surface area contributed by atoms with Crippen LogP contribution in [0.25, 0.3) is 5.95 Å². The van der Waals surface area contributed by atoms with E-state index < -0.39 is 0 Å². The van der Waals surface area contributed by atoms with E-state index in [0.717, 1.165) is 12.2 Å². The molecule has 0 atom stereocenters. The summed E-state index contributed by atoms with van der Waals surface area (Å²) < 4.78 is 7.05. The first-order valence-electron chi connectivity index (χ1n) is 5.25. The van der Waals surface area contributed by atoms with Gasteiger partial charge in [0.05, 0.1) is 6.61 Å². The van der Waals surface area contributed by atoms with Gasteiger partial charge in [0.1, 0.15) is 5.82 Å². The van der Waals surface area contributed by atoms with Crippen LogP contribution in [-0.4, -0.2) is 31.1 Å². The molecule has 0 saturated carbocycles. The van der Waals surface area contributed by atoms with E-state index in [1.807, 2.05) is 13.8 Å². The fraction of sp³-hybridized carbons (Fsp3) is 0.400. The van der Waals surface area contributed by atoms with Crippen molar-refractivity contribution in [2.45, 2.75) is 20.3 Å². The third-order valence-corrected chi connectivity index (χ3v) is 2.22.